The quantitative estimate of drug-likeness (QED) is 0.581. The van der Waals surface area contributed by atoms with Gasteiger partial charge in [0.2, 0.25) is 0 Å². The Morgan fingerprint density at radius 2 is 2.13 bits per heavy atom. The van der Waals surface area contributed by atoms with Gasteiger partial charge in [0.05, 0.1) is 5.52 Å². The molecule has 0 N–H and O–H groups in total. The van der Waals surface area contributed by atoms with E-state index in [1.54, 1.807) is 6.92 Å². The Morgan fingerprint density at radius 3 is 3.00 bits per heavy atom. The molecule has 0 bridgehead atoms. The van der Waals surface area contributed by atoms with Gasteiger partial charge in [-0.05, 0) is 6.07 Å². The third-order valence-electron chi connectivity index (χ3n) is 2.26. The number of fused-ring (bicyclic) bond motifs is 3. The zero-order chi connectivity index (χ0) is 10.4. The highest BCUT2D eigenvalue weighted by Crippen LogP contribution is 2.29. The molecule has 1 aromatic carbocycles. The fourth-order valence-electron chi connectivity index (χ4n) is 1.64. The zero-order valence-electron chi connectivity index (χ0n) is 7.98. The fourth-order valence-corrected chi connectivity index (χ4v) is 2.66. The van der Waals surface area contributed by atoms with Crippen molar-refractivity contribution in [2.24, 2.45) is 0 Å². The largest absolute Gasteiger partial charge is 0.408 e. The maximum atomic E-state index is 11.6. The molecule has 0 fully saturated rings. The smallest absolute Gasteiger partial charge is 0.357 e. The molecular formula is C11H7NO2S. The molecule has 4 heteroatoms. The molecule has 2 heterocycles. The van der Waals surface area contributed by atoms with Crippen LogP contribution in [0.15, 0.2) is 33.5 Å². The van der Waals surface area contributed by atoms with Gasteiger partial charge in [0.25, 0.3) is 0 Å². The molecule has 0 amide bonds. The summed E-state index contributed by atoms with van der Waals surface area (Å²) >= 11 is 1.43. The van der Waals surface area contributed by atoms with E-state index in [1.807, 2.05) is 24.3 Å². The van der Waals surface area contributed by atoms with Crippen LogP contribution in [0.4, 0.5) is 0 Å². The molecule has 3 rings (SSSR count). The third-order valence-corrected chi connectivity index (χ3v) is 3.40. The molecule has 0 spiro atoms. The fraction of sp³-hybridized carbons (Fsp3) is 0.0909. The van der Waals surface area contributed by atoms with E-state index in [-0.39, 0.29) is 5.63 Å². The SMILES string of the molecule is Cc1nc2c(sc3ccccc32)c(=O)o1. The lowest BCUT2D eigenvalue weighted by Crippen LogP contribution is -1.99. The van der Waals surface area contributed by atoms with E-state index in [0.717, 1.165) is 15.6 Å². The van der Waals surface area contributed by atoms with Gasteiger partial charge in [0.1, 0.15) is 4.70 Å². The Hall–Kier alpha value is -1.68. The highest BCUT2D eigenvalue weighted by molar-refractivity contribution is 7.25. The van der Waals surface area contributed by atoms with Gasteiger partial charge < -0.3 is 4.42 Å². The van der Waals surface area contributed by atoms with Crippen LogP contribution < -0.4 is 5.63 Å². The number of nitrogens with zero attached hydrogens (tertiary/aromatic N) is 1. The second-order valence-corrected chi connectivity index (χ2v) is 4.35. The molecule has 0 unspecified atom stereocenters. The summed E-state index contributed by atoms with van der Waals surface area (Å²) in [6.45, 7) is 1.69. The van der Waals surface area contributed by atoms with Gasteiger partial charge in [-0.1, -0.05) is 18.2 Å². The molecule has 3 aromatic rings. The summed E-state index contributed by atoms with van der Waals surface area (Å²) in [5, 5.41) is 1.02. The monoisotopic (exact) mass is 217 g/mol. The van der Waals surface area contributed by atoms with Crippen molar-refractivity contribution >= 4 is 31.6 Å². The van der Waals surface area contributed by atoms with Crippen LogP contribution in [-0.4, -0.2) is 4.98 Å². The van der Waals surface area contributed by atoms with E-state index >= 15 is 0 Å². The van der Waals surface area contributed by atoms with Crippen LogP contribution in [0.1, 0.15) is 5.89 Å². The molecule has 0 radical (unpaired) electrons. The minimum atomic E-state index is -0.293. The van der Waals surface area contributed by atoms with Crippen LogP contribution in [0, 0.1) is 6.92 Å². The van der Waals surface area contributed by atoms with Crippen molar-refractivity contribution in [3.8, 4) is 0 Å². The van der Waals surface area contributed by atoms with Gasteiger partial charge in [-0.15, -0.1) is 11.3 Å². The summed E-state index contributed by atoms with van der Waals surface area (Å²) in [7, 11) is 0. The summed E-state index contributed by atoms with van der Waals surface area (Å²) in [5.41, 5.74) is 0.461. The Morgan fingerprint density at radius 1 is 1.33 bits per heavy atom. The highest BCUT2D eigenvalue weighted by atomic mass is 32.1. The third kappa shape index (κ3) is 1.18. The van der Waals surface area contributed by atoms with E-state index in [9.17, 15) is 4.79 Å². The normalized spacial score (nSPS) is 11.3. The van der Waals surface area contributed by atoms with Crippen LogP contribution in [0.3, 0.4) is 0 Å². The average Bonchev–Trinajstić information content (AvgIpc) is 2.57. The maximum Gasteiger partial charge on any atom is 0.357 e. The maximum absolute atomic E-state index is 11.6. The second-order valence-electron chi connectivity index (χ2n) is 3.30. The van der Waals surface area contributed by atoms with E-state index in [4.69, 9.17) is 4.42 Å². The van der Waals surface area contributed by atoms with Crippen LogP contribution in [0.25, 0.3) is 20.3 Å². The van der Waals surface area contributed by atoms with Gasteiger partial charge in [-0.25, -0.2) is 9.78 Å². The Labute approximate surface area is 89.0 Å². The number of hydrogen-bond acceptors (Lipinski definition) is 4. The first-order chi connectivity index (χ1) is 7.25. The van der Waals surface area contributed by atoms with Crippen molar-refractivity contribution in [3.63, 3.8) is 0 Å². The molecule has 0 aliphatic heterocycles. The summed E-state index contributed by atoms with van der Waals surface area (Å²) in [6.07, 6.45) is 0. The lowest BCUT2D eigenvalue weighted by molar-refractivity contribution is 0.468. The van der Waals surface area contributed by atoms with Crippen molar-refractivity contribution in [2.75, 3.05) is 0 Å². The number of aryl methyl sites for hydroxylation is 1. The van der Waals surface area contributed by atoms with Crippen molar-refractivity contribution < 1.29 is 4.42 Å². The van der Waals surface area contributed by atoms with Crippen LogP contribution in [-0.2, 0) is 0 Å². The van der Waals surface area contributed by atoms with Crippen molar-refractivity contribution in [1.82, 2.24) is 4.98 Å². The summed E-state index contributed by atoms with van der Waals surface area (Å²) in [5.74, 6) is 0.413. The Kier molecular flexibility index (Phi) is 1.67. The first kappa shape index (κ1) is 8.61. The van der Waals surface area contributed by atoms with E-state index in [1.165, 1.54) is 11.3 Å². The van der Waals surface area contributed by atoms with Gasteiger partial charge in [0, 0.05) is 17.0 Å². The van der Waals surface area contributed by atoms with Crippen LogP contribution >= 0.6 is 11.3 Å². The molecule has 0 aliphatic rings. The lowest BCUT2D eigenvalue weighted by atomic mass is 10.2. The van der Waals surface area contributed by atoms with E-state index < -0.39 is 0 Å². The van der Waals surface area contributed by atoms with Gasteiger partial charge in [-0.2, -0.15) is 0 Å². The molecule has 0 saturated heterocycles. The predicted molar refractivity (Wildman–Crippen MR) is 60.4 cm³/mol. The topological polar surface area (TPSA) is 43.1 Å². The Balaban J connectivity index is 2.67. The summed E-state index contributed by atoms with van der Waals surface area (Å²) < 4.78 is 6.63. The second kappa shape index (κ2) is 2.90. The van der Waals surface area contributed by atoms with E-state index in [2.05, 4.69) is 4.98 Å². The molecule has 0 atom stereocenters. The summed E-state index contributed by atoms with van der Waals surface area (Å²) in [6, 6.07) is 7.85. The molecular weight excluding hydrogens is 210 g/mol. The minimum absolute atomic E-state index is 0.293. The highest BCUT2D eigenvalue weighted by Gasteiger charge is 2.10. The molecule has 74 valence electrons. The Bertz CT molecular complexity index is 711. The predicted octanol–water partition coefficient (Wildman–Crippen LogP) is 2.71. The van der Waals surface area contributed by atoms with Gasteiger partial charge >= 0.3 is 5.63 Å². The average molecular weight is 217 g/mol. The zero-order valence-corrected chi connectivity index (χ0v) is 8.80. The number of rotatable bonds is 0. The van der Waals surface area contributed by atoms with Crippen molar-refractivity contribution in [1.29, 1.82) is 0 Å². The molecule has 15 heavy (non-hydrogen) atoms. The van der Waals surface area contributed by atoms with Crippen molar-refractivity contribution in [2.45, 2.75) is 6.92 Å². The minimum Gasteiger partial charge on any atom is -0.408 e. The molecule has 3 nitrogen and oxygen atoms in total. The standard InChI is InChI=1S/C11H7NO2S/c1-6-12-9-7-4-2-3-5-8(7)15-10(9)11(13)14-6/h2-5H,1H3. The number of thiophene rings is 1. The lowest BCUT2D eigenvalue weighted by Gasteiger charge is -1.91. The first-order valence-electron chi connectivity index (χ1n) is 4.55. The van der Waals surface area contributed by atoms with Crippen LogP contribution in [0.5, 0.6) is 0 Å². The number of benzene rings is 1. The molecule has 0 saturated carbocycles. The molecule has 2 aromatic heterocycles. The van der Waals surface area contributed by atoms with Crippen molar-refractivity contribution in [3.05, 3.63) is 40.6 Å². The van der Waals surface area contributed by atoms with Gasteiger partial charge in [0.15, 0.2) is 5.89 Å². The molecule has 0 aliphatic carbocycles. The summed E-state index contributed by atoms with van der Waals surface area (Å²) in [4.78, 5) is 15.8. The van der Waals surface area contributed by atoms with Crippen LogP contribution in [0.2, 0.25) is 0 Å². The van der Waals surface area contributed by atoms with Gasteiger partial charge in [-0.3, -0.25) is 0 Å². The number of aromatic nitrogens is 1. The number of hydrogen-bond donors (Lipinski definition) is 0. The first-order valence-corrected chi connectivity index (χ1v) is 5.36. The van der Waals surface area contributed by atoms with E-state index in [0.29, 0.717) is 10.6 Å².